The molecule has 2 aliphatic rings. The molecule has 0 N–H and O–H groups in total. The van der Waals surface area contributed by atoms with Crippen molar-refractivity contribution in [1.82, 2.24) is 9.80 Å². The molecule has 0 aromatic heterocycles. The Labute approximate surface area is 287 Å². The Balaban J connectivity index is 0.000000235. The van der Waals surface area contributed by atoms with Gasteiger partial charge in [0.1, 0.15) is 0 Å². The van der Waals surface area contributed by atoms with E-state index in [2.05, 4.69) is 165 Å². The van der Waals surface area contributed by atoms with Crippen molar-refractivity contribution in [2.45, 2.75) is 43.0 Å². The molecule has 3 nitrogen and oxygen atoms in total. The van der Waals surface area contributed by atoms with E-state index in [1.807, 2.05) is 11.8 Å². The summed E-state index contributed by atoms with van der Waals surface area (Å²) in [5.41, 5.74) is 9.29. The minimum atomic E-state index is 0. The zero-order valence-corrected chi connectivity index (χ0v) is 29.6. The van der Waals surface area contributed by atoms with Crippen molar-refractivity contribution in [3.05, 3.63) is 125 Å². The smallest absolute Gasteiger partial charge is 0.0553 e. The molecule has 45 heavy (non-hydrogen) atoms. The maximum absolute atomic E-state index is 2.52. The van der Waals surface area contributed by atoms with Gasteiger partial charge in [-0.1, -0.05) is 117 Å². The summed E-state index contributed by atoms with van der Waals surface area (Å²) in [7, 11) is 4.24. The first-order chi connectivity index (χ1) is 21.0. The number of fused-ring (bicyclic) bond motifs is 4. The molecule has 1 aliphatic heterocycles. The van der Waals surface area contributed by atoms with Crippen molar-refractivity contribution in [3.63, 3.8) is 0 Å². The van der Waals surface area contributed by atoms with Crippen LogP contribution in [0.4, 0.5) is 11.4 Å². The van der Waals surface area contributed by atoms with Gasteiger partial charge < -0.3 is 9.80 Å². The van der Waals surface area contributed by atoms with Gasteiger partial charge in [-0.2, -0.15) is 0 Å². The normalized spacial score (nSPS) is 13.1. The van der Waals surface area contributed by atoms with Gasteiger partial charge in [-0.05, 0) is 92.6 Å². The molecule has 4 aromatic carbocycles. The molecule has 0 fully saturated rings. The molecule has 0 radical (unpaired) electrons. The van der Waals surface area contributed by atoms with Gasteiger partial charge in [0.15, 0.2) is 0 Å². The minimum Gasteiger partial charge on any atom is -0.338 e. The van der Waals surface area contributed by atoms with E-state index >= 15 is 0 Å². The quantitative estimate of drug-likeness (QED) is 0.164. The van der Waals surface area contributed by atoms with E-state index in [1.54, 1.807) is 0 Å². The molecule has 1 atom stereocenters. The first kappa shape index (κ1) is 36.5. The summed E-state index contributed by atoms with van der Waals surface area (Å²) in [5.74, 6) is 0. The summed E-state index contributed by atoms with van der Waals surface area (Å²) in [4.78, 5) is 9.95. The monoisotopic (exact) mass is 659 g/mol. The van der Waals surface area contributed by atoms with Gasteiger partial charge in [-0.3, -0.25) is 4.90 Å². The average Bonchev–Trinajstić information content (AvgIpc) is 3.19. The summed E-state index contributed by atoms with van der Waals surface area (Å²) < 4.78 is 0. The molecule has 0 spiro atoms. The summed E-state index contributed by atoms with van der Waals surface area (Å²) in [6.07, 6.45) is 7.89. The predicted molar refractivity (Wildman–Crippen MR) is 203 cm³/mol. The van der Waals surface area contributed by atoms with Crippen molar-refractivity contribution in [2.75, 3.05) is 45.2 Å². The van der Waals surface area contributed by atoms with Gasteiger partial charge in [0, 0.05) is 28.9 Å². The highest BCUT2D eigenvalue weighted by molar-refractivity contribution is 7.99. The van der Waals surface area contributed by atoms with E-state index in [1.165, 1.54) is 49.0 Å². The second-order valence-corrected chi connectivity index (χ2v) is 12.5. The Kier molecular flexibility index (Phi) is 14.3. The molecular weight excluding hydrogens is 613 g/mol. The largest absolute Gasteiger partial charge is 0.338 e. The van der Waals surface area contributed by atoms with Crippen molar-refractivity contribution in [2.24, 2.45) is 0 Å². The summed E-state index contributed by atoms with van der Waals surface area (Å²) in [5, 5.41) is 0. The van der Waals surface area contributed by atoms with Gasteiger partial charge in [0.2, 0.25) is 0 Å². The fraction of sp³-hybridized carbons (Fsp3) is 0.282. The molecule has 1 heterocycles. The third-order valence-electron chi connectivity index (χ3n) is 8.28. The minimum absolute atomic E-state index is 0. The number of para-hydroxylation sites is 2. The Bertz CT molecular complexity index is 1480. The standard InChI is InChI=1S/C20H21N.C19H24N2S.2ClH/c1-21(2)15-7-12-20-18-10-5-3-8-16(18)13-14-17-9-4-6-11-19(17)20;1-4-20(5-2)15(3)14-21-16-10-6-8-12-18(16)22-19-13-9-7-11-17(19)21;;/h3-6,8-14H,7,15H2,1-2H3;6-13,15H,4-5,14H2,1-3H3;2*1H. The highest BCUT2D eigenvalue weighted by atomic mass is 35.5. The van der Waals surface area contributed by atoms with Crippen LogP contribution in [-0.2, 0) is 0 Å². The number of hydrogen-bond donors (Lipinski definition) is 0. The zero-order chi connectivity index (χ0) is 30.2. The van der Waals surface area contributed by atoms with E-state index in [0.717, 1.165) is 32.6 Å². The molecule has 1 unspecified atom stereocenters. The third kappa shape index (κ3) is 8.84. The van der Waals surface area contributed by atoms with Crippen molar-refractivity contribution in [3.8, 4) is 0 Å². The fourth-order valence-corrected chi connectivity index (χ4v) is 7.09. The second kappa shape index (κ2) is 17.6. The first-order valence-corrected chi connectivity index (χ1v) is 16.4. The van der Waals surface area contributed by atoms with Crippen molar-refractivity contribution < 1.29 is 0 Å². The van der Waals surface area contributed by atoms with Crippen LogP contribution >= 0.6 is 36.6 Å². The number of likely N-dealkylation sites (N-methyl/N-ethyl adjacent to an activating group) is 1. The van der Waals surface area contributed by atoms with Gasteiger partial charge in [-0.25, -0.2) is 0 Å². The van der Waals surface area contributed by atoms with Gasteiger partial charge in [-0.15, -0.1) is 24.8 Å². The molecule has 0 amide bonds. The lowest BCUT2D eigenvalue weighted by Gasteiger charge is -2.37. The lowest BCUT2D eigenvalue weighted by molar-refractivity contribution is 0.236. The van der Waals surface area contributed by atoms with Crippen LogP contribution < -0.4 is 4.90 Å². The fourth-order valence-electron chi connectivity index (χ4n) is 5.99. The first-order valence-electron chi connectivity index (χ1n) is 15.6. The number of rotatable bonds is 8. The molecule has 0 saturated carbocycles. The maximum Gasteiger partial charge on any atom is 0.0553 e. The van der Waals surface area contributed by atoms with E-state index in [4.69, 9.17) is 0 Å². The molecule has 0 saturated heterocycles. The Morgan fingerprint density at radius 2 is 1.16 bits per heavy atom. The highest BCUT2D eigenvalue weighted by Crippen LogP contribution is 2.47. The maximum atomic E-state index is 2.52. The Hall–Kier alpha value is -2.99. The number of halogens is 2. The molecule has 238 valence electrons. The SMILES string of the molecule is CCN(CC)C(C)CN1c2ccccc2Sc2ccccc21.CN(C)CCC=C1c2ccccc2C=Cc2ccccc21.Cl.Cl. The molecule has 6 rings (SSSR count). The highest BCUT2D eigenvalue weighted by Gasteiger charge is 2.25. The van der Waals surface area contributed by atoms with Gasteiger partial charge in [0.05, 0.1) is 11.4 Å². The zero-order valence-electron chi connectivity index (χ0n) is 27.1. The summed E-state index contributed by atoms with van der Waals surface area (Å²) >= 11 is 1.88. The third-order valence-corrected chi connectivity index (χ3v) is 9.41. The predicted octanol–water partition coefficient (Wildman–Crippen LogP) is 10.4. The van der Waals surface area contributed by atoms with E-state index in [-0.39, 0.29) is 24.8 Å². The number of anilines is 2. The second-order valence-electron chi connectivity index (χ2n) is 11.4. The van der Waals surface area contributed by atoms with Crippen LogP contribution in [0.5, 0.6) is 0 Å². The molecular formula is C39H47Cl2N3S. The van der Waals surface area contributed by atoms with Gasteiger partial charge in [0.25, 0.3) is 0 Å². The molecule has 0 bridgehead atoms. The van der Waals surface area contributed by atoms with Crippen LogP contribution in [0, 0.1) is 0 Å². The van der Waals surface area contributed by atoms with Crippen LogP contribution in [-0.4, -0.2) is 56.1 Å². The molecule has 6 heteroatoms. The lowest BCUT2D eigenvalue weighted by atomic mass is 9.93. The summed E-state index contributed by atoms with van der Waals surface area (Å²) in [6, 6.07) is 35.3. The number of benzene rings is 4. The van der Waals surface area contributed by atoms with Gasteiger partial charge >= 0.3 is 0 Å². The molecule has 1 aliphatic carbocycles. The number of hydrogen-bond acceptors (Lipinski definition) is 4. The van der Waals surface area contributed by atoms with Crippen LogP contribution in [0.2, 0.25) is 0 Å². The van der Waals surface area contributed by atoms with Crippen LogP contribution in [0.15, 0.2) is 113 Å². The Morgan fingerprint density at radius 1 is 0.689 bits per heavy atom. The van der Waals surface area contributed by atoms with Crippen molar-refractivity contribution in [1.29, 1.82) is 0 Å². The van der Waals surface area contributed by atoms with E-state index in [0.29, 0.717) is 6.04 Å². The Morgan fingerprint density at radius 3 is 1.64 bits per heavy atom. The van der Waals surface area contributed by atoms with Crippen LogP contribution in [0.1, 0.15) is 49.4 Å². The van der Waals surface area contributed by atoms with Crippen molar-refractivity contribution >= 4 is 65.7 Å². The van der Waals surface area contributed by atoms with Crippen LogP contribution in [0.3, 0.4) is 0 Å². The lowest BCUT2D eigenvalue weighted by Crippen LogP contribution is -2.41. The van der Waals surface area contributed by atoms with E-state index in [9.17, 15) is 0 Å². The van der Waals surface area contributed by atoms with E-state index < -0.39 is 0 Å². The summed E-state index contributed by atoms with van der Waals surface area (Å²) in [6.45, 7) is 11.1. The number of nitrogens with zero attached hydrogens (tertiary/aromatic N) is 3. The molecule has 4 aromatic rings. The van der Waals surface area contributed by atoms with Crippen LogP contribution in [0.25, 0.3) is 17.7 Å². The topological polar surface area (TPSA) is 9.72 Å². The average molecular weight is 661 g/mol.